The fraction of sp³-hybridized carbons (Fsp3) is 0.385. The molecule has 17 heavy (non-hydrogen) atoms. The highest BCUT2D eigenvalue weighted by molar-refractivity contribution is 6.32. The molecule has 1 aromatic carbocycles. The minimum absolute atomic E-state index is 0.530. The summed E-state index contributed by atoms with van der Waals surface area (Å²) in [4.78, 5) is 0. The summed E-state index contributed by atoms with van der Waals surface area (Å²) in [7, 11) is 0. The lowest BCUT2D eigenvalue weighted by Crippen LogP contribution is -2.15. The first-order valence-corrected chi connectivity index (χ1v) is 6.50. The number of alkyl halides is 1. The van der Waals surface area contributed by atoms with E-state index >= 15 is 0 Å². The van der Waals surface area contributed by atoms with Crippen LogP contribution in [0.25, 0.3) is 6.08 Å². The molecular weight excluding hydrogens is 259 g/mol. The number of benzene rings is 1. The third-order valence-corrected chi connectivity index (χ3v) is 3.24. The molecule has 0 aromatic heterocycles. The molecule has 2 nitrogen and oxygen atoms in total. The van der Waals surface area contributed by atoms with Crippen molar-refractivity contribution in [3.05, 3.63) is 28.3 Å². The van der Waals surface area contributed by atoms with Crippen LogP contribution in [0.1, 0.15) is 18.9 Å². The lowest BCUT2D eigenvalue weighted by Gasteiger charge is -2.19. The number of allylic oxidation sites excluding steroid dienone is 1. The molecule has 4 heteroatoms. The molecule has 0 spiro atoms. The second kappa shape index (κ2) is 5.65. The van der Waals surface area contributed by atoms with Crippen molar-refractivity contribution in [1.29, 1.82) is 0 Å². The normalized spacial score (nSPS) is 14.9. The van der Waals surface area contributed by atoms with Crippen LogP contribution in [0.3, 0.4) is 0 Å². The fourth-order valence-electron chi connectivity index (χ4n) is 1.68. The van der Waals surface area contributed by atoms with Crippen LogP contribution in [-0.2, 0) is 0 Å². The molecule has 0 atom stereocenters. The highest BCUT2D eigenvalue weighted by Gasteiger charge is 2.16. The Kier molecular flexibility index (Phi) is 4.19. The standard InChI is InChI=1S/C13H14Cl2O2/c1-2-9(8-14)5-10-6-11(15)13-12(7-10)16-3-4-17-13/h5-7H,2-4,8H2,1H3. The number of ether oxygens (including phenoxy) is 2. The number of rotatable bonds is 3. The molecule has 0 N–H and O–H groups in total. The van der Waals surface area contributed by atoms with Crippen LogP contribution in [0.2, 0.25) is 5.02 Å². The summed E-state index contributed by atoms with van der Waals surface area (Å²) in [6.07, 6.45) is 2.96. The average Bonchev–Trinajstić information content (AvgIpc) is 2.36. The smallest absolute Gasteiger partial charge is 0.179 e. The molecule has 0 amide bonds. The summed E-state index contributed by atoms with van der Waals surface area (Å²) in [5.41, 5.74) is 2.16. The van der Waals surface area contributed by atoms with E-state index in [-0.39, 0.29) is 0 Å². The van der Waals surface area contributed by atoms with Gasteiger partial charge in [-0.1, -0.05) is 30.2 Å². The summed E-state index contributed by atoms with van der Waals surface area (Å²) in [6, 6.07) is 3.81. The van der Waals surface area contributed by atoms with Gasteiger partial charge in [0.2, 0.25) is 0 Å². The maximum Gasteiger partial charge on any atom is 0.179 e. The molecule has 2 rings (SSSR count). The molecule has 1 aliphatic heterocycles. The Morgan fingerprint density at radius 3 is 2.82 bits per heavy atom. The number of hydrogen-bond donors (Lipinski definition) is 0. The van der Waals surface area contributed by atoms with E-state index < -0.39 is 0 Å². The first-order valence-electron chi connectivity index (χ1n) is 5.59. The van der Waals surface area contributed by atoms with Crippen LogP contribution >= 0.6 is 23.2 Å². The van der Waals surface area contributed by atoms with Gasteiger partial charge in [-0.15, -0.1) is 11.6 Å². The lowest BCUT2D eigenvalue weighted by molar-refractivity contribution is 0.171. The maximum atomic E-state index is 6.15. The van der Waals surface area contributed by atoms with Crippen LogP contribution in [0.15, 0.2) is 17.7 Å². The van der Waals surface area contributed by atoms with Crippen LogP contribution < -0.4 is 9.47 Å². The predicted molar refractivity (Wildman–Crippen MR) is 71.4 cm³/mol. The highest BCUT2D eigenvalue weighted by Crippen LogP contribution is 2.38. The molecule has 92 valence electrons. The van der Waals surface area contributed by atoms with Gasteiger partial charge in [0.1, 0.15) is 13.2 Å². The highest BCUT2D eigenvalue weighted by atomic mass is 35.5. The number of fused-ring (bicyclic) bond motifs is 1. The van der Waals surface area contributed by atoms with E-state index in [9.17, 15) is 0 Å². The van der Waals surface area contributed by atoms with E-state index in [1.807, 2.05) is 18.2 Å². The molecule has 0 fully saturated rings. The summed E-state index contributed by atoms with van der Waals surface area (Å²) in [5.74, 6) is 1.88. The third kappa shape index (κ3) is 2.88. The van der Waals surface area contributed by atoms with Crippen molar-refractivity contribution in [2.45, 2.75) is 13.3 Å². The van der Waals surface area contributed by atoms with Crippen LogP contribution in [-0.4, -0.2) is 19.1 Å². The first-order chi connectivity index (χ1) is 8.24. The number of halogens is 2. The Hall–Kier alpha value is -0.860. The molecule has 1 heterocycles. The van der Waals surface area contributed by atoms with Gasteiger partial charge in [0.15, 0.2) is 11.5 Å². The van der Waals surface area contributed by atoms with Crippen molar-refractivity contribution in [2.24, 2.45) is 0 Å². The summed E-state index contributed by atoms with van der Waals surface area (Å²) >= 11 is 12.0. The molecular formula is C13H14Cl2O2. The van der Waals surface area contributed by atoms with E-state index in [1.54, 1.807) is 0 Å². The molecule has 0 unspecified atom stereocenters. The molecule has 0 saturated heterocycles. The summed E-state index contributed by atoms with van der Waals surface area (Å²) in [5, 5.41) is 0.582. The van der Waals surface area contributed by atoms with Crippen molar-refractivity contribution in [1.82, 2.24) is 0 Å². The van der Waals surface area contributed by atoms with Gasteiger partial charge < -0.3 is 9.47 Å². The molecule has 0 radical (unpaired) electrons. The van der Waals surface area contributed by atoms with Gasteiger partial charge in [0, 0.05) is 5.88 Å². The second-order valence-corrected chi connectivity index (χ2v) is 4.49. The Morgan fingerprint density at radius 1 is 1.35 bits per heavy atom. The van der Waals surface area contributed by atoms with Gasteiger partial charge in [0.25, 0.3) is 0 Å². The Labute approximate surface area is 111 Å². The van der Waals surface area contributed by atoms with Crippen LogP contribution in [0.5, 0.6) is 11.5 Å². The zero-order valence-electron chi connectivity index (χ0n) is 9.63. The van der Waals surface area contributed by atoms with Gasteiger partial charge in [0.05, 0.1) is 5.02 Å². The van der Waals surface area contributed by atoms with Crippen molar-refractivity contribution in [3.8, 4) is 11.5 Å². The molecule has 0 aliphatic carbocycles. The van der Waals surface area contributed by atoms with E-state index in [1.165, 1.54) is 5.57 Å². The van der Waals surface area contributed by atoms with Gasteiger partial charge >= 0.3 is 0 Å². The maximum absolute atomic E-state index is 6.15. The van der Waals surface area contributed by atoms with Crippen molar-refractivity contribution >= 4 is 29.3 Å². The van der Waals surface area contributed by atoms with Crippen molar-refractivity contribution in [2.75, 3.05) is 19.1 Å². The summed E-state index contributed by atoms with van der Waals surface area (Å²) < 4.78 is 11.0. The van der Waals surface area contributed by atoms with Gasteiger partial charge in [-0.25, -0.2) is 0 Å². The zero-order valence-corrected chi connectivity index (χ0v) is 11.1. The molecule has 1 aromatic rings. The monoisotopic (exact) mass is 272 g/mol. The number of hydrogen-bond acceptors (Lipinski definition) is 2. The Balaban J connectivity index is 2.37. The Morgan fingerprint density at radius 2 is 2.12 bits per heavy atom. The molecule has 0 saturated carbocycles. The minimum atomic E-state index is 0.530. The molecule has 0 bridgehead atoms. The zero-order chi connectivity index (χ0) is 12.3. The van der Waals surface area contributed by atoms with Crippen molar-refractivity contribution in [3.63, 3.8) is 0 Å². The minimum Gasteiger partial charge on any atom is -0.486 e. The third-order valence-electron chi connectivity index (χ3n) is 2.62. The topological polar surface area (TPSA) is 18.5 Å². The van der Waals surface area contributed by atoms with E-state index in [2.05, 4.69) is 6.92 Å². The predicted octanol–water partition coefficient (Wildman–Crippen LogP) is 4.14. The summed E-state index contributed by atoms with van der Waals surface area (Å²) in [6.45, 7) is 3.18. The SMILES string of the molecule is CCC(=Cc1cc(Cl)c2c(c1)OCCO2)CCl. The van der Waals surface area contributed by atoms with E-state index in [4.69, 9.17) is 32.7 Å². The van der Waals surface area contributed by atoms with Crippen LogP contribution in [0.4, 0.5) is 0 Å². The van der Waals surface area contributed by atoms with Crippen LogP contribution in [0, 0.1) is 0 Å². The Bertz CT molecular complexity index is 435. The fourth-order valence-corrected chi connectivity index (χ4v) is 2.22. The lowest BCUT2D eigenvalue weighted by atomic mass is 10.1. The van der Waals surface area contributed by atoms with E-state index in [0.29, 0.717) is 35.6 Å². The second-order valence-electron chi connectivity index (χ2n) is 3.82. The average molecular weight is 273 g/mol. The van der Waals surface area contributed by atoms with Gasteiger partial charge in [-0.2, -0.15) is 0 Å². The van der Waals surface area contributed by atoms with Gasteiger partial charge in [-0.3, -0.25) is 0 Å². The van der Waals surface area contributed by atoms with Gasteiger partial charge in [-0.05, 0) is 24.1 Å². The first kappa shape index (κ1) is 12.6. The van der Waals surface area contributed by atoms with E-state index in [0.717, 1.165) is 12.0 Å². The largest absolute Gasteiger partial charge is 0.486 e. The molecule has 1 aliphatic rings. The quantitative estimate of drug-likeness (QED) is 0.770. The van der Waals surface area contributed by atoms with Crippen molar-refractivity contribution < 1.29 is 9.47 Å².